The Hall–Kier alpha value is -2.15. The van der Waals surface area contributed by atoms with E-state index in [0.29, 0.717) is 0 Å². The van der Waals surface area contributed by atoms with Crippen molar-refractivity contribution in [3.8, 4) is 5.75 Å². The Bertz CT molecular complexity index is 431. The lowest BCUT2D eigenvalue weighted by Crippen LogP contribution is -2.32. The minimum atomic E-state index is -0.770. The van der Waals surface area contributed by atoms with Gasteiger partial charge < -0.3 is 16.2 Å². The second-order valence-corrected chi connectivity index (χ2v) is 3.24. The van der Waals surface area contributed by atoms with Gasteiger partial charge in [-0.2, -0.15) is 0 Å². The van der Waals surface area contributed by atoms with E-state index in [1.807, 2.05) is 0 Å². The topological polar surface area (TPSA) is 118 Å². The number of nitrogens with two attached hydrogens (primary N) is 1. The zero-order chi connectivity index (χ0) is 12.3. The first kappa shape index (κ1) is 11.9. The summed E-state index contributed by atoms with van der Waals surface area (Å²) in [5.74, 6) is -0.778. The molecule has 7 heteroatoms. The fourth-order valence-electron chi connectivity index (χ4n) is 1.02. The number of anilines is 1. The van der Waals surface area contributed by atoms with Gasteiger partial charge >= 0.3 is 0 Å². The summed E-state index contributed by atoms with van der Waals surface area (Å²) in [7, 11) is 0. The Morgan fingerprint density at radius 1 is 1.62 bits per heavy atom. The van der Waals surface area contributed by atoms with Crippen LogP contribution in [0, 0.1) is 10.1 Å². The molecule has 0 fully saturated rings. The molecule has 1 atom stereocenters. The van der Waals surface area contributed by atoms with Gasteiger partial charge in [0.25, 0.3) is 5.69 Å². The fourth-order valence-corrected chi connectivity index (χ4v) is 1.02. The Labute approximate surface area is 91.0 Å². The number of nitrogens with one attached hydrogen (secondary N) is 1. The molecule has 0 saturated heterocycles. The molecule has 0 saturated carbocycles. The Balaban J connectivity index is 3.04. The largest absolute Gasteiger partial charge is 0.508 e. The third kappa shape index (κ3) is 2.67. The van der Waals surface area contributed by atoms with Gasteiger partial charge in [-0.15, -0.1) is 0 Å². The van der Waals surface area contributed by atoms with Gasteiger partial charge in [0, 0.05) is 0 Å². The Morgan fingerprint density at radius 2 is 2.25 bits per heavy atom. The Morgan fingerprint density at radius 3 is 2.75 bits per heavy atom. The average molecular weight is 225 g/mol. The summed E-state index contributed by atoms with van der Waals surface area (Å²) in [6.07, 6.45) is 0. The van der Waals surface area contributed by atoms with Crippen LogP contribution in [0.5, 0.6) is 5.75 Å². The fraction of sp³-hybridized carbons (Fsp3) is 0.222. The smallest absolute Gasteiger partial charge is 0.296 e. The molecule has 1 aromatic carbocycles. The quantitative estimate of drug-likeness (QED) is 0.395. The number of carbonyl (C=O) groups excluding carboxylic acids is 1. The molecular formula is C9H11N3O4. The number of amides is 1. The Kier molecular flexibility index (Phi) is 3.41. The minimum Gasteiger partial charge on any atom is -0.508 e. The summed E-state index contributed by atoms with van der Waals surface area (Å²) >= 11 is 0. The number of phenols is 1. The SMILES string of the molecule is C[C@H](N)C(=O)Nc1ccc(O)cc1[N+](=O)[O-]. The third-order valence-corrected chi connectivity index (χ3v) is 1.85. The molecule has 0 radical (unpaired) electrons. The van der Waals surface area contributed by atoms with Crippen LogP contribution in [0.1, 0.15) is 6.92 Å². The number of carbonyl (C=O) groups is 1. The standard InChI is InChI=1S/C9H11N3O4/c1-5(10)9(14)11-7-3-2-6(13)4-8(7)12(15)16/h2-5,13H,10H2,1H3,(H,11,14)/t5-/m0/s1. The van der Waals surface area contributed by atoms with Crippen molar-refractivity contribution in [2.45, 2.75) is 13.0 Å². The molecular weight excluding hydrogens is 214 g/mol. The molecule has 16 heavy (non-hydrogen) atoms. The van der Waals surface area contributed by atoms with Gasteiger partial charge in [-0.3, -0.25) is 14.9 Å². The van der Waals surface area contributed by atoms with Gasteiger partial charge in [0.15, 0.2) is 0 Å². The van der Waals surface area contributed by atoms with Crippen molar-refractivity contribution < 1.29 is 14.8 Å². The first-order valence-corrected chi connectivity index (χ1v) is 4.45. The predicted octanol–water partition coefficient (Wildman–Crippen LogP) is 0.586. The number of phenolic OH excluding ortho intramolecular Hbond substituents is 1. The van der Waals surface area contributed by atoms with Gasteiger partial charge in [-0.25, -0.2) is 0 Å². The van der Waals surface area contributed by atoms with E-state index in [2.05, 4.69) is 5.32 Å². The van der Waals surface area contributed by atoms with Crippen LogP contribution in [0.2, 0.25) is 0 Å². The van der Waals surface area contributed by atoms with E-state index in [4.69, 9.17) is 10.8 Å². The van der Waals surface area contributed by atoms with Crippen molar-refractivity contribution in [2.24, 2.45) is 5.73 Å². The van der Waals surface area contributed by atoms with Crippen molar-refractivity contribution in [2.75, 3.05) is 5.32 Å². The maximum atomic E-state index is 11.3. The summed E-state index contributed by atoms with van der Waals surface area (Å²) in [4.78, 5) is 21.2. The maximum absolute atomic E-state index is 11.3. The van der Waals surface area contributed by atoms with Crippen LogP contribution < -0.4 is 11.1 Å². The number of nitrogens with zero attached hydrogens (tertiary/aromatic N) is 1. The van der Waals surface area contributed by atoms with Gasteiger partial charge in [0.05, 0.1) is 17.0 Å². The van der Waals surface area contributed by atoms with Crippen LogP contribution in [0.25, 0.3) is 0 Å². The molecule has 7 nitrogen and oxygen atoms in total. The predicted molar refractivity (Wildman–Crippen MR) is 57.0 cm³/mol. The summed E-state index contributed by atoms with van der Waals surface area (Å²) < 4.78 is 0. The van der Waals surface area contributed by atoms with E-state index in [1.165, 1.54) is 19.1 Å². The van der Waals surface area contributed by atoms with E-state index in [9.17, 15) is 14.9 Å². The summed E-state index contributed by atoms with van der Waals surface area (Å²) in [6.45, 7) is 1.46. The molecule has 0 aliphatic rings. The number of benzene rings is 1. The highest BCUT2D eigenvalue weighted by atomic mass is 16.6. The van der Waals surface area contributed by atoms with Crippen molar-refractivity contribution >= 4 is 17.3 Å². The lowest BCUT2D eigenvalue weighted by Gasteiger charge is -2.08. The second kappa shape index (κ2) is 4.58. The van der Waals surface area contributed by atoms with Crippen LogP contribution >= 0.6 is 0 Å². The highest BCUT2D eigenvalue weighted by molar-refractivity contribution is 5.96. The van der Waals surface area contributed by atoms with E-state index in [-0.39, 0.29) is 17.1 Å². The minimum absolute atomic E-state index is 0.00472. The van der Waals surface area contributed by atoms with E-state index in [1.54, 1.807) is 0 Å². The number of nitro groups is 1. The number of rotatable bonds is 3. The monoisotopic (exact) mass is 225 g/mol. The zero-order valence-corrected chi connectivity index (χ0v) is 8.51. The summed E-state index contributed by atoms with van der Waals surface area (Å²) in [6, 6.07) is 2.67. The number of nitro benzene ring substituents is 1. The van der Waals surface area contributed by atoms with Gasteiger partial charge in [0.2, 0.25) is 5.91 Å². The zero-order valence-electron chi connectivity index (χ0n) is 8.51. The number of hydrogen-bond donors (Lipinski definition) is 3. The molecule has 1 rings (SSSR count). The molecule has 0 unspecified atom stereocenters. The highest BCUT2D eigenvalue weighted by Gasteiger charge is 2.17. The first-order chi connectivity index (χ1) is 7.41. The molecule has 0 aromatic heterocycles. The van der Waals surface area contributed by atoms with E-state index >= 15 is 0 Å². The molecule has 0 spiro atoms. The van der Waals surface area contributed by atoms with Gasteiger partial charge in [-0.05, 0) is 19.1 Å². The maximum Gasteiger partial charge on any atom is 0.296 e. The van der Waals surface area contributed by atoms with Crippen LogP contribution in [-0.4, -0.2) is 22.0 Å². The van der Waals surface area contributed by atoms with Crippen LogP contribution in [-0.2, 0) is 4.79 Å². The van der Waals surface area contributed by atoms with E-state index < -0.39 is 16.9 Å². The third-order valence-electron chi connectivity index (χ3n) is 1.85. The lowest BCUT2D eigenvalue weighted by molar-refractivity contribution is -0.384. The van der Waals surface area contributed by atoms with Crippen LogP contribution in [0.15, 0.2) is 18.2 Å². The van der Waals surface area contributed by atoms with Crippen molar-refractivity contribution in [1.29, 1.82) is 0 Å². The molecule has 4 N–H and O–H groups in total. The average Bonchev–Trinajstić information content (AvgIpc) is 2.20. The molecule has 0 bridgehead atoms. The molecule has 1 amide bonds. The molecule has 0 heterocycles. The lowest BCUT2D eigenvalue weighted by atomic mass is 10.2. The second-order valence-electron chi connectivity index (χ2n) is 3.24. The molecule has 0 aliphatic heterocycles. The van der Waals surface area contributed by atoms with Crippen LogP contribution in [0.3, 0.4) is 0 Å². The van der Waals surface area contributed by atoms with Crippen molar-refractivity contribution in [1.82, 2.24) is 0 Å². The van der Waals surface area contributed by atoms with E-state index in [0.717, 1.165) is 6.07 Å². The first-order valence-electron chi connectivity index (χ1n) is 4.45. The summed E-state index contributed by atoms with van der Waals surface area (Å²) in [5, 5.41) is 22.0. The normalized spacial score (nSPS) is 11.9. The molecule has 1 aromatic rings. The van der Waals surface area contributed by atoms with Gasteiger partial charge in [-0.1, -0.05) is 0 Å². The number of aromatic hydroxyl groups is 1. The summed E-state index contributed by atoms with van der Waals surface area (Å²) in [5.41, 5.74) is 4.93. The van der Waals surface area contributed by atoms with Crippen molar-refractivity contribution in [3.63, 3.8) is 0 Å². The van der Waals surface area contributed by atoms with Crippen LogP contribution in [0.4, 0.5) is 11.4 Å². The molecule has 0 aliphatic carbocycles. The van der Waals surface area contributed by atoms with Gasteiger partial charge in [0.1, 0.15) is 11.4 Å². The molecule has 86 valence electrons. The highest BCUT2D eigenvalue weighted by Crippen LogP contribution is 2.28. The van der Waals surface area contributed by atoms with Crippen molar-refractivity contribution in [3.05, 3.63) is 28.3 Å². The number of hydrogen-bond acceptors (Lipinski definition) is 5.